The van der Waals surface area contributed by atoms with E-state index in [1.165, 1.54) is 6.07 Å². The molecule has 1 aliphatic carbocycles. The zero-order valence-corrected chi connectivity index (χ0v) is 9.59. The van der Waals surface area contributed by atoms with Crippen molar-refractivity contribution in [3.63, 3.8) is 0 Å². The zero-order valence-electron chi connectivity index (χ0n) is 9.59. The molecule has 1 heterocycles. The molecule has 0 aromatic heterocycles. The van der Waals surface area contributed by atoms with Crippen LogP contribution in [0.5, 0.6) is 0 Å². The third-order valence-corrected chi connectivity index (χ3v) is 3.75. The number of hydrogen-bond donors (Lipinski definition) is 2. The van der Waals surface area contributed by atoms with Gasteiger partial charge in [-0.25, -0.2) is 0 Å². The molecule has 1 aliphatic heterocycles. The molecule has 0 spiro atoms. The average molecular weight is 244 g/mol. The fourth-order valence-electron chi connectivity index (χ4n) is 2.76. The first-order valence-electron chi connectivity index (χ1n) is 5.87. The predicted octanol–water partition coefficient (Wildman–Crippen LogP) is 1.10. The Hall–Kier alpha value is -2.13. The van der Waals surface area contributed by atoms with Crippen LogP contribution in [-0.2, 0) is 0 Å². The first-order valence-corrected chi connectivity index (χ1v) is 5.87. The molecule has 6 nitrogen and oxygen atoms in total. The summed E-state index contributed by atoms with van der Waals surface area (Å²) in [4.78, 5) is 10.6. The van der Waals surface area contributed by atoms with Gasteiger partial charge < -0.3 is 10.6 Å². The second-order valence-electron chi connectivity index (χ2n) is 4.73. The van der Waals surface area contributed by atoms with E-state index in [4.69, 9.17) is 5.26 Å². The summed E-state index contributed by atoms with van der Waals surface area (Å²) in [6.07, 6.45) is 0. The summed E-state index contributed by atoms with van der Waals surface area (Å²) in [5, 5.41) is 26.4. The van der Waals surface area contributed by atoms with Crippen LogP contribution < -0.4 is 10.6 Å². The molecule has 2 atom stereocenters. The second kappa shape index (κ2) is 3.96. The quantitative estimate of drug-likeness (QED) is 0.613. The standard InChI is InChI=1S/C12H12N4O2/c13-4-7-2-1-3-10(12(7)16(17)18)15-11-8-5-14-6-9(8)11/h1-3,8-9,11,14-15H,5-6H2. The van der Waals surface area contributed by atoms with Crippen LogP contribution in [0.2, 0.25) is 0 Å². The molecule has 0 radical (unpaired) electrons. The maximum absolute atomic E-state index is 11.1. The lowest BCUT2D eigenvalue weighted by molar-refractivity contribution is -0.384. The number of fused-ring (bicyclic) bond motifs is 1. The molecule has 2 fully saturated rings. The van der Waals surface area contributed by atoms with Crippen molar-refractivity contribution in [2.75, 3.05) is 18.4 Å². The molecule has 2 aliphatic rings. The van der Waals surface area contributed by atoms with Gasteiger partial charge in [-0.1, -0.05) is 6.07 Å². The fraction of sp³-hybridized carbons (Fsp3) is 0.417. The molecule has 1 saturated carbocycles. The van der Waals surface area contributed by atoms with Gasteiger partial charge >= 0.3 is 5.69 Å². The Balaban J connectivity index is 1.88. The minimum atomic E-state index is -0.489. The maximum atomic E-state index is 11.1. The van der Waals surface area contributed by atoms with Gasteiger partial charge in [-0.05, 0) is 24.0 Å². The number of nitro groups is 1. The van der Waals surface area contributed by atoms with Crippen molar-refractivity contribution in [3.05, 3.63) is 33.9 Å². The van der Waals surface area contributed by atoms with Crippen LogP contribution in [0.25, 0.3) is 0 Å². The van der Waals surface area contributed by atoms with Crippen LogP contribution in [0, 0.1) is 33.3 Å². The monoisotopic (exact) mass is 244 g/mol. The lowest BCUT2D eigenvalue weighted by Crippen LogP contribution is -2.21. The van der Waals surface area contributed by atoms with E-state index in [-0.39, 0.29) is 11.3 Å². The Bertz CT molecular complexity index is 541. The Morgan fingerprint density at radius 1 is 1.44 bits per heavy atom. The highest BCUT2D eigenvalue weighted by Gasteiger charge is 2.53. The number of anilines is 1. The van der Waals surface area contributed by atoms with Gasteiger partial charge in [0.25, 0.3) is 0 Å². The van der Waals surface area contributed by atoms with Gasteiger partial charge in [-0.3, -0.25) is 10.1 Å². The molecule has 2 unspecified atom stereocenters. The highest BCUT2D eigenvalue weighted by atomic mass is 16.6. The van der Waals surface area contributed by atoms with E-state index < -0.39 is 4.92 Å². The third-order valence-electron chi connectivity index (χ3n) is 3.75. The molecular formula is C12H12N4O2. The molecule has 0 bridgehead atoms. The average Bonchev–Trinajstić information content (AvgIpc) is 2.81. The highest BCUT2D eigenvalue weighted by Crippen LogP contribution is 2.45. The van der Waals surface area contributed by atoms with Crippen LogP contribution in [-0.4, -0.2) is 24.1 Å². The molecule has 3 rings (SSSR count). The van der Waals surface area contributed by atoms with E-state index in [0.717, 1.165) is 13.1 Å². The molecule has 1 aromatic rings. The normalized spacial score (nSPS) is 28.3. The lowest BCUT2D eigenvalue weighted by Gasteiger charge is -2.09. The highest BCUT2D eigenvalue weighted by molar-refractivity contribution is 5.69. The number of hydrogen-bond acceptors (Lipinski definition) is 5. The minimum Gasteiger partial charge on any atom is -0.376 e. The summed E-state index contributed by atoms with van der Waals surface area (Å²) in [5.74, 6) is 1.13. The smallest absolute Gasteiger partial charge is 0.309 e. The van der Waals surface area contributed by atoms with Crippen LogP contribution in [0.3, 0.4) is 0 Å². The summed E-state index contributed by atoms with van der Waals surface area (Å²) >= 11 is 0. The predicted molar refractivity (Wildman–Crippen MR) is 65.1 cm³/mol. The number of nitrogens with one attached hydrogen (secondary N) is 2. The number of nitro benzene ring substituents is 1. The van der Waals surface area contributed by atoms with Crippen molar-refractivity contribution < 1.29 is 4.92 Å². The van der Waals surface area contributed by atoms with Crippen molar-refractivity contribution in [1.29, 1.82) is 5.26 Å². The van der Waals surface area contributed by atoms with Crippen LogP contribution >= 0.6 is 0 Å². The van der Waals surface area contributed by atoms with Gasteiger partial charge in [0.1, 0.15) is 17.3 Å². The van der Waals surface area contributed by atoms with E-state index in [2.05, 4.69) is 10.6 Å². The van der Waals surface area contributed by atoms with E-state index in [0.29, 0.717) is 23.6 Å². The summed E-state index contributed by atoms with van der Waals surface area (Å²) in [5.41, 5.74) is 0.449. The topological polar surface area (TPSA) is 91.0 Å². The van der Waals surface area contributed by atoms with Gasteiger partial charge in [-0.2, -0.15) is 5.26 Å². The van der Waals surface area contributed by atoms with E-state index in [1.807, 2.05) is 6.07 Å². The molecule has 18 heavy (non-hydrogen) atoms. The molecule has 1 saturated heterocycles. The number of piperidine rings is 1. The van der Waals surface area contributed by atoms with Gasteiger partial charge in [0.05, 0.1) is 4.92 Å². The number of nitriles is 1. The van der Waals surface area contributed by atoms with E-state index in [9.17, 15) is 10.1 Å². The summed E-state index contributed by atoms with van der Waals surface area (Å²) in [7, 11) is 0. The zero-order chi connectivity index (χ0) is 12.7. The first kappa shape index (κ1) is 11.0. The summed E-state index contributed by atoms with van der Waals surface area (Å²) in [6.45, 7) is 1.93. The van der Waals surface area contributed by atoms with Crippen LogP contribution in [0.1, 0.15) is 5.56 Å². The molecular weight excluding hydrogens is 232 g/mol. The number of para-hydroxylation sites is 1. The van der Waals surface area contributed by atoms with Crippen LogP contribution in [0.4, 0.5) is 11.4 Å². The SMILES string of the molecule is N#Cc1cccc(NC2C3CNCC32)c1[N+](=O)[O-]. The van der Waals surface area contributed by atoms with Gasteiger partial charge in [0.2, 0.25) is 0 Å². The summed E-state index contributed by atoms with van der Waals surface area (Å²) in [6, 6.07) is 6.98. The van der Waals surface area contributed by atoms with Crippen molar-refractivity contribution in [1.82, 2.24) is 5.32 Å². The Morgan fingerprint density at radius 3 is 2.78 bits per heavy atom. The van der Waals surface area contributed by atoms with Gasteiger partial charge in [-0.15, -0.1) is 0 Å². The van der Waals surface area contributed by atoms with Crippen molar-refractivity contribution in [2.45, 2.75) is 6.04 Å². The third kappa shape index (κ3) is 1.60. The number of nitrogens with zero attached hydrogens (tertiary/aromatic N) is 2. The molecule has 92 valence electrons. The van der Waals surface area contributed by atoms with E-state index >= 15 is 0 Å². The Morgan fingerprint density at radius 2 is 2.17 bits per heavy atom. The van der Waals surface area contributed by atoms with Crippen molar-refractivity contribution in [2.24, 2.45) is 11.8 Å². The molecule has 1 aromatic carbocycles. The number of benzene rings is 1. The number of rotatable bonds is 3. The summed E-state index contributed by atoms with van der Waals surface area (Å²) < 4.78 is 0. The van der Waals surface area contributed by atoms with Crippen LogP contribution in [0.15, 0.2) is 18.2 Å². The molecule has 2 N–H and O–H groups in total. The molecule has 6 heteroatoms. The van der Waals surface area contributed by atoms with E-state index in [1.54, 1.807) is 12.1 Å². The van der Waals surface area contributed by atoms with Crippen molar-refractivity contribution in [3.8, 4) is 6.07 Å². The second-order valence-corrected chi connectivity index (χ2v) is 4.73. The van der Waals surface area contributed by atoms with Gasteiger partial charge in [0.15, 0.2) is 0 Å². The maximum Gasteiger partial charge on any atom is 0.309 e. The Labute approximate surface area is 104 Å². The first-order chi connectivity index (χ1) is 8.72. The Kier molecular flexibility index (Phi) is 2.42. The van der Waals surface area contributed by atoms with Crippen molar-refractivity contribution >= 4 is 11.4 Å². The minimum absolute atomic E-state index is 0.105. The molecule has 0 amide bonds. The fourth-order valence-corrected chi connectivity index (χ4v) is 2.76. The lowest BCUT2D eigenvalue weighted by atomic mass is 10.1. The largest absolute Gasteiger partial charge is 0.376 e. The van der Waals surface area contributed by atoms with Gasteiger partial charge in [0, 0.05) is 19.1 Å².